The monoisotopic (exact) mass is 254 g/mol. The lowest BCUT2D eigenvalue weighted by Gasteiger charge is -2.30. The van der Waals surface area contributed by atoms with Crippen LogP contribution in [-0.2, 0) is 11.3 Å². The van der Waals surface area contributed by atoms with Crippen molar-refractivity contribution in [2.24, 2.45) is 5.73 Å². The zero-order valence-electron chi connectivity index (χ0n) is 10.4. The zero-order chi connectivity index (χ0) is 13.2. The Labute approximate surface area is 111 Å². The first kappa shape index (κ1) is 11.7. The van der Waals surface area contributed by atoms with Gasteiger partial charge in [-0.05, 0) is 29.8 Å². The van der Waals surface area contributed by atoms with Crippen LogP contribution in [-0.4, -0.2) is 12.7 Å². The number of rotatable bonds is 2. The van der Waals surface area contributed by atoms with Gasteiger partial charge in [-0.3, -0.25) is 0 Å². The summed E-state index contributed by atoms with van der Waals surface area (Å²) in [5, 5.41) is 0. The molecule has 4 nitrogen and oxygen atoms in total. The van der Waals surface area contributed by atoms with Crippen LogP contribution in [0.2, 0.25) is 0 Å². The van der Waals surface area contributed by atoms with E-state index in [1.807, 2.05) is 47.4 Å². The van der Waals surface area contributed by atoms with Crippen LogP contribution in [0.15, 0.2) is 48.5 Å². The fourth-order valence-electron chi connectivity index (χ4n) is 2.18. The molecule has 0 aromatic heterocycles. The van der Waals surface area contributed by atoms with Gasteiger partial charge in [0.05, 0.1) is 11.3 Å². The van der Waals surface area contributed by atoms with Crippen molar-refractivity contribution in [3.05, 3.63) is 59.7 Å². The smallest absolute Gasteiger partial charge is 0.342 e. The molecule has 3 rings (SSSR count). The topological polar surface area (TPSA) is 55.6 Å². The molecule has 0 aliphatic carbocycles. The van der Waals surface area contributed by atoms with Crippen molar-refractivity contribution in [3.8, 4) is 0 Å². The average molecular weight is 254 g/mol. The highest BCUT2D eigenvalue weighted by atomic mass is 16.5. The van der Waals surface area contributed by atoms with E-state index in [1.165, 1.54) is 0 Å². The molecule has 2 aromatic rings. The SMILES string of the molecule is NCc1ccc(N2COC(=O)c3ccccc32)cc1. The van der Waals surface area contributed by atoms with Gasteiger partial charge in [0, 0.05) is 12.2 Å². The fraction of sp³-hybridized carbons (Fsp3) is 0.133. The number of hydrogen-bond donors (Lipinski definition) is 1. The minimum Gasteiger partial charge on any atom is -0.440 e. The number of ether oxygens (including phenoxy) is 1. The Morgan fingerprint density at radius 3 is 2.58 bits per heavy atom. The molecule has 0 unspecified atom stereocenters. The number of para-hydroxylation sites is 1. The van der Waals surface area contributed by atoms with Gasteiger partial charge in [-0.2, -0.15) is 0 Å². The Balaban J connectivity index is 2.01. The molecular formula is C15H14N2O2. The van der Waals surface area contributed by atoms with Gasteiger partial charge in [0.2, 0.25) is 0 Å². The van der Waals surface area contributed by atoms with Gasteiger partial charge < -0.3 is 15.4 Å². The zero-order valence-corrected chi connectivity index (χ0v) is 10.4. The Kier molecular flexibility index (Phi) is 2.93. The van der Waals surface area contributed by atoms with Gasteiger partial charge in [0.15, 0.2) is 6.73 Å². The van der Waals surface area contributed by atoms with E-state index < -0.39 is 0 Å². The summed E-state index contributed by atoms with van der Waals surface area (Å²) >= 11 is 0. The number of benzene rings is 2. The van der Waals surface area contributed by atoms with Gasteiger partial charge in [-0.25, -0.2) is 4.79 Å². The van der Waals surface area contributed by atoms with Crippen molar-refractivity contribution in [1.29, 1.82) is 0 Å². The fourth-order valence-corrected chi connectivity index (χ4v) is 2.18. The van der Waals surface area contributed by atoms with Crippen LogP contribution in [0.5, 0.6) is 0 Å². The quantitative estimate of drug-likeness (QED) is 0.836. The second-order valence-electron chi connectivity index (χ2n) is 4.38. The van der Waals surface area contributed by atoms with Crippen molar-refractivity contribution in [2.75, 3.05) is 11.6 Å². The van der Waals surface area contributed by atoms with Crippen molar-refractivity contribution in [2.45, 2.75) is 6.54 Å². The lowest BCUT2D eigenvalue weighted by Crippen LogP contribution is -2.30. The molecule has 1 heterocycles. The average Bonchev–Trinajstić information content (AvgIpc) is 2.48. The van der Waals surface area contributed by atoms with Crippen molar-refractivity contribution < 1.29 is 9.53 Å². The van der Waals surface area contributed by atoms with Crippen LogP contribution in [0, 0.1) is 0 Å². The predicted molar refractivity (Wildman–Crippen MR) is 73.2 cm³/mol. The number of fused-ring (bicyclic) bond motifs is 1. The Bertz CT molecular complexity index is 608. The summed E-state index contributed by atoms with van der Waals surface area (Å²) < 4.78 is 5.19. The number of carbonyl (C=O) groups is 1. The maximum Gasteiger partial charge on any atom is 0.342 e. The molecule has 0 radical (unpaired) electrons. The van der Waals surface area contributed by atoms with E-state index in [1.54, 1.807) is 6.07 Å². The number of anilines is 2. The number of carbonyl (C=O) groups excluding carboxylic acids is 1. The van der Waals surface area contributed by atoms with Crippen LogP contribution >= 0.6 is 0 Å². The summed E-state index contributed by atoms with van der Waals surface area (Å²) in [7, 11) is 0. The van der Waals surface area contributed by atoms with E-state index in [-0.39, 0.29) is 12.7 Å². The number of esters is 1. The molecule has 1 aliphatic rings. The largest absolute Gasteiger partial charge is 0.440 e. The molecular weight excluding hydrogens is 240 g/mol. The van der Waals surface area contributed by atoms with Gasteiger partial charge in [0.25, 0.3) is 0 Å². The summed E-state index contributed by atoms with van der Waals surface area (Å²) in [4.78, 5) is 13.7. The molecule has 0 amide bonds. The van der Waals surface area contributed by atoms with E-state index in [4.69, 9.17) is 10.5 Å². The molecule has 1 aliphatic heterocycles. The van der Waals surface area contributed by atoms with Crippen LogP contribution < -0.4 is 10.6 Å². The Morgan fingerprint density at radius 1 is 1.11 bits per heavy atom. The highest BCUT2D eigenvalue weighted by molar-refractivity contribution is 5.98. The minimum absolute atomic E-state index is 0.234. The molecule has 0 saturated carbocycles. The van der Waals surface area contributed by atoms with Crippen LogP contribution in [0.4, 0.5) is 11.4 Å². The number of cyclic esters (lactones) is 1. The summed E-state index contributed by atoms with van der Waals surface area (Å²) in [6.07, 6.45) is 0. The van der Waals surface area contributed by atoms with Crippen LogP contribution in [0.1, 0.15) is 15.9 Å². The van der Waals surface area contributed by atoms with E-state index in [0.717, 1.165) is 16.9 Å². The standard InChI is InChI=1S/C15H14N2O2/c16-9-11-5-7-12(8-6-11)17-10-19-15(18)13-3-1-2-4-14(13)17/h1-8H,9-10,16H2. The number of nitrogens with two attached hydrogens (primary N) is 1. The Morgan fingerprint density at radius 2 is 1.84 bits per heavy atom. The third-order valence-electron chi connectivity index (χ3n) is 3.22. The first-order chi connectivity index (χ1) is 9.29. The lowest BCUT2D eigenvalue weighted by atomic mass is 10.1. The van der Waals surface area contributed by atoms with Crippen LogP contribution in [0.3, 0.4) is 0 Å². The van der Waals surface area contributed by atoms with E-state index >= 15 is 0 Å². The summed E-state index contributed by atoms with van der Waals surface area (Å²) in [5.41, 5.74) is 9.12. The van der Waals surface area contributed by atoms with Gasteiger partial charge in [-0.15, -0.1) is 0 Å². The van der Waals surface area contributed by atoms with E-state index in [9.17, 15) is 4.79 Å². The maximum absolute atomic E-state index is 11.7. The normalized spacial score (nSPS) is 13.9. The van der Waals surface area contributed by atoms with Crippen molar-refractivity contribution in [1.82, 2.24) is 0 Å². The molecule has 0 saturated heterocycles. The van der Waals surface area contributed by atoms with Gasteiger partial charge in [0.1, 0.15) is 0 Å². The van der Waals surface area contributed by atoms with Crippen molar-refractivity contribution in [3.63, 3.8) is 0 Å². The molecule has 2 N–H and O–H groups in total. The molecule has 0 spiro atoms. The van der Waals surface area contributed by atoms with Gasteiger partial charge in [-0.1, -0.05) is 24.3 Å². The van der Waals surface area contributed by atoms with Crippen LogP contribution in [0.25, 0.3) is 0 Å². The molecule has 4 heteroatoms. The van der Waals surface area contributed by atoms with E-state index in [2.05, 4.69) is 0 Å². The predicted octanol–water partition coefficient (Wildman–Crippen LogP) is 2.41. The molecule has 19 heavy (non-hydrogen) atoms. The first-order valence-electron chi connectivity index (χ1n) is 6.12. The van der Waals surface area contributed by atoms with E-state index in [0.29, 0.717) is 12.1 Å². The highest BCUT2D eigenvalue weighted by Gasteiger charge is 2.24. The highest BCUT2D eigenvalue weighted by Crippen LogP contribution is 2.32. The van der Waals surface area contributed by atoms with Gasteiger partial charge >= 0.3 is 5.97 Å². The lowest BCUT2D eigenvalue weighted by molar-refractivity contribution is 0.0494. The summed E-state index contributed by atoms with van der Waals surface area (Å²) in [6, 6.07) is 15.4. The van der Waals surface area contributed by atoms with Crippen molar-refractivity contribution >= 4 is 17.3 Å². The molecule has 0 atom stereocenters. The number of hydrogen-bond acceptors (Lipinski definition) is 4. The third kappa shape index (κ3) is 2.06. The molecule has 2 aromatic carbocycles. The third-order valence-corrected chi connectivity index (χ3v) is 3.22. The summed E-state index contributed by atoms with van der Waals surface area (Å²) in [6.45, 7) is 0.754. The number of nitrogens with zero attached hydrogens (tertiary/aromatic N) is 1. The minimum atomic E-state index is -0.273. The first-order valence-corrected chi connectivity index (χ1v) is 6.12. The second kappa shape index (κ2) is 4.74. The summed E-state index contributed by atoms with van der Waals surface area (Å²) in [5.74, 6) is -0.273. The molecule has 0 fully saturated rings. The Hall–Kier alpha value is -2.33. The molecule has 96 valence electrons. The maximum atomic E-state index is 11.7. The second-order valence-corrected chi connectivity index (χ2v) is 4.38. The molecule has 0 bridgehead atoms.